The van der Waals surface area contributed by atoms with E-state index in [1.807, 2.05) is 5.38 Å². The minimum Gasteiger partial charge on any atom is -0.365 e. The van der Waals surface area contributed by atoms with Crippen molar-refractivity contribution in [1.82, 2.24) is 5.32 Å². The van der Waals surface area contributed by atoms with Crippen LogP contribution in [0.15, 0.2) is 10.3 Å². The summed E-state index contributed by atoms with van der Waals surface area (Å²) in [6.07, 6.45) is 4.75. The van der Waals surface area contributed by atoms with Gasteiger partial charge in [0.2, 0.25) is 0 Å². The second-order valence-electron chi connectivity index (χ2n) is 4.28. The Morgan fingerprint density at radius 1 is 1.33 bits per heavy atom. The van der Waals surface area contributed by atoms with Crippen molar-refractivity contribution in [1.29, 1.82) is 0 Å². The normalized spacial score (nSPS) is 9.81. The molecule has 120 valence electrons. The largest absolute Gasteiger partial charge is 0.365 e. The molecule has 0 saturated heterocycles. The number of nitrogens with two attached hydrogens (primary N) is 1. The third-order valence-electron chi connectivity index (χ3n) is 2.71. The molecule has 4 N–H and O–H groups in total. The van der Waals surface area contributed by atoms with Crippen LogP contribution in [0.2, 0.25) is 0 Å². The molecule has 0 aliphatic heterocycles. The van der Waals surface area contributed by atoms with Crippen LogP contribution in [0.4, 0.5) is 9.80 Å². The van der Waals surface area contributed by atoms with Gasteiger partial charge in [0, 0.05) is 17.3 Å². The van der Waals surface area contributed by atoms with Crippen LogP contribution in [0.5, 0.6) is 0 Å². The molecule has 3 amide bonds. The van der Waals surface area contributed by atoms with E-state index in [1.165, 1.54) is 37.6 Å². The van der Waals surface area contributed by atoms with Crippen LogP contribution in [0, 0.1) is 0 Å². The molecule has 1 rings (SSSR count). The van der Waals surface area contributed by atoms with E-state index in [2.05, 4.69) is 17.6 Å². The molecule has 0 aromatic carbocycles. The Bertz CT molecular complexity index is 461. The SMILES string of the molecule is C.CCCCCCSc1csc(NC(=O)NC)c1C(N)=O. The fraction of sp³-hybridized carbons (Fsp3) is 0.571. The first-order valence-electron chi connectivity index (χ1n) is 6.63. The Morgan fingerprint density at radius 3 is 2.62 bits per heavy atom. The number of rotatable bonds is 8. The number of carbonyl (C=O) groups is 2. The van der Waals surface area contributed by atoms with Gasteiger partial charge in [-0.05, 0) is 12.2 Å². The van der Waals surface area contributed by atoms with Gasteiger partial charge >= 0.3 is 6.03 Å². The molecule has 7 heteroatoms. The maximum atomic E-state index is 11.6. The fourth-order valence-electron chi connectivity index (χ4n) is 1.65. The number of thiophene rings is 1. The lowest BCUT2D eigenvalue weighted by molar-refractivity contribution is 0.0999. The van der Waals surface area contributed by atoms with E-state index in [0.29, 0.717) is 10.6 Å². The topological polar surface area (TPSA) is 84.2 Å². The average Bonchev–Trinajstić information content (AvgIpc) is 2.81. The minimum atomic E-state index is -0.506. The number of nitrogens with one attached hydrogen (secondary N) is 2. The molecule has 1 heterocycles. The molecule has 21 heavy (non-hydrogen) atoms. The van der Waals surface area contributed by atoms with Crippen LogP contribution in [-0.4, -0.2) is 24.7 Å². The average molecular weight is 332 g/mol. The smallest absolute Gasteiger partial charge is 0.319 e. The van der Waals surface area contributed by atoms with E-state index in [9.17, 15) is 9.59 Å². The van der Waals surface area contributed by atoms with Gasteiger partial charge in [-0.1, -0.05) is 33.6 Å². The van der Waals surface area contributed by atoms with Gasteiger partial charge in [-0.2, -0.15) is 0 Å². The van der Waals surface area contributed by atoms with Crippen LogP contribution < -0.4 is 16.4 Å². The van der Waals surface area contributed by atoms with Crippen LogP contribution in [0.3, 0.4) is 0 Å². The number of amides is 3. The van der Waals surface area contributed by atoms with E-state index in [1.54, 1.807) is 11.8 Å². The number of hydrogen-bond donors (Lipinski definition) is 3. The molecule has 0 saturated carbocycles. The molecular formula is C14H25N3O2S2. The highest BCUT2D eigenvalue weighted by Crippen LogP contribution is 2.35. The Balaban J connectivity index is 0.00000400. The maximum absolute atomic E-state index is 11.6. The quantitative estimate of drug-likeness (QED) is 0.499. The van der Waals surface area contributed by atoms with E-state index < -0.39 is 5.91 Å². The van der Waals surface area contributed by atoms with Crippen LogP contribution >= 0.6 is 23.1 Å². The Hall–Kier alpha value is -1.21. The van der Waals surface area contributed by atoms with Crippen LogP contribution in [-0.2, 0) is 0 Å². The highest BCUT2D eigenvalue weighted by atomic mass is 32.2. The highest BCUT2D eigenvalue weighted by molar-refractivity contribution is 7.99. The molecular weight excluding hydrogens is 306 g/mol. The fourth-order valence-corrected chi connectivity index (χ4v) is 3.87. The van der Waals surface area contributed by atoms with Gasteiger partial charge in [-0.3, -0.25) is 10.1 Å². The van der Waals surface area contributed by atoms with Crippen molar-refractivity contribution >= 4 is 40.0 Å². The van der Waals surface area contributed by atoms with Gasteiger partial charge in [0.15, 0.2) is 0 Å². The lowest BCUT2D eigenvalue weighted by atomic mass is 10.2. The third-order valence-corrected chi connectivity index (χ3v) is 4.88. The van der Waals surface area contributed by atoms with Crippen molar-refractivity contribution in [3.05, 3.63) is 10.9 Å². The Kier molecular flexibility index (Phi) is 9.90. The third kappa shape index (κ3) is 6.39. The van der Waals surface area contributed by atoms with Gasteiger partial charge in [0.25, 0.3) is 5.91 Å². The summed E-state index contributed by atoms with van der Waals surface area (Å²) in [5.74, 6) is 0.449. The molecule has 0 aliphatic carbocycles. The molecule has 0 spiro atoms. The zero-order valence-corrected chi connectivity index (χ0v) is 13.5. The lowest BCUT2D eigenvalue weighted by Gasteiger charge is -2.05. The van der Waals surface area contributed by atoms with Gasteiger partial charge in [0.05, 0.1) is 5.56 Å². The summed E-state index contributed by atoms with van der Waals surface area (Å²) >= 11 is 2.94. The number of anilines is 1. The molecule has 0 fully saturated rings. The van der Waals surface area contributed by atoms with E-state index in [-0.39, 0.29) is 13.5 Å². The number of hydrogen-bond acceptors (Lipinski definition) is 4. The molecule has 0 unspecified atom stereocenters. The first kappa shape index (κ1) is 19.8. The predicted molar refractivity (Wildman–Crippen MR) is 92.5 cm³/mol. The summed E-state index contributed by atoms with van der Waals surface area (Å²) in [4.78, 5) is 23.7. The van der Waals surface area contributed by atoms with Crippen molar-refractivity contribution < 1.29 is 9.59 Å². The standard InChI is InChI=1S/C13H21N3O2S2.CH4/c1-3-4-5-6-7-19-9-8-20-12(10(9)11(14)17)16-13(18)15-2;/h8H,3-7H2,1-2H3,(H2,14,17)(H2,15,16,18);1H4. The van der Waals surface area contributed by atoms with E-state index in [4.69, 9.17) is 5.73 Å². The summed E-state index contributed by atoms with van der Waals surface area (Å²) in [6.45, 7) is 2.17. The first-order valence-corrected chi connectivity index (χ1v) is 8.49. The first-order chi connectivity index (χ1) is 9.60. The summed E-state index contributed by atoms with van der Waals surface area (Å²) < 4.78 is 0. The molecule has 1 aromatic rings. The van der Waals surface area contributed by atoms with Gasteiger partial charge in [-0.25, -0.2) is 4.79 Å². The zero-order chi connectivity index (χ0) is 15.0. The van der Waals surface area contributed by atoms with Gasteiger partial charge in [0.1, 0.15) is 5.00 Å². The van der Waals surface area contributed by atoms with Crippen molar-refractivity contribution in [2.24, 2.45) is 5.73 Å². The molecule has 0 aliphatic rings. The second kappa shape index (κ2) is 10.5. The maximum Gasteiger partial charge on any atom is 0.319 e. The number of primary amides is 1. The predicted octanol–water partition coefficient (Wildman–Crippen LogP) is 3.91. The van der Waals surface area contributed by atoms with E-state index >= 15 is 0 Å². The van der Waals surface area contributed by atoms with Crippen molar-refractivity contribution in [2.45, 2.75) is 44.9 Å². The number of thioether (sulfide) groups is 1. The van der Waals surface area contributed by atoms with Crippen LogP contribution in [0.25, 0.3) is 0 Å². The molecule has 5 nitrogen and oxygen atoms in total. The van der Waals surface area contributed by atoms with E-state index in [0.717, 1.165) is 17.1 Å². The monoisotopic (exact) mass is 331 g/mol. The summed E-state index contributed by atoms with van der Waals surface area (Å²) in [5.41, 5.74) is 5.83. The zero-order valence-electron chi connectivity index (χ0n) is 11.8. The molecule has 0 bridgehead atoms. The lowest BCUT2D eigenvalue weighted by Crippen LogP contribution is -2.25. The number of urea groups is 1. The summed E-state index contributed by atoms with van der Waals surface area (Å²) in [6, 6.07) is -0.353. The second-order valence-corrected chi connectivity index (χ2v) is 6.30. The highest BCUT2D eigenvalue weighted by Gasteiger charge is 2.18. The molecule has 0 atom stereocenters. The summed E-state index contributed by atoms with van der Waals surface area (Å²) in [5, 5.41) is 7.46. The van der Waals surface area contributed by atoms with Crippen LogP contribution in [0.1, 0.15) is 50.4 Å². The van der Waals surface area contributed by atoms with Crippen molar-refractivity contribution in [2.75, 3.05) is 18.1 Å². The van der Waals surface area contributed by atoms with Gasteiger partial charge in [-0.15, -0.1) is 23.1 Å². The Morgan fingerprint density at radius 2 is 2.05 bits per heavy atom. The van der Waals surface area contributed by atoms with Crippen molar-refractivity contribution in [3.8, 4) is 0 Å². The minimum absolute atomic E-state index is 0. The summed E-state index contributed by atoms with van der Waals surface area (Å²) in [7, 11) is 1.52. The number of unbranched alkanes of at least 4 members (excludes halogenated alkanes) is 3. The van der Waals surface area contributed by atoms with Gasteiger partial charge < -0.3 is 11.1 Å². The molecule has 0 radical (unpaired) electrons. The molecule has 1 aromatic heterocycles. The van der Waals surface area contributed by atoms with Crippen molar-refractivity contribution in [3.63, 3.8) is 0 Å². The Labute approximate surface area is 135 Å². The number of carbonyl (C=O) groups excluding carboxylic acids is 2.